The Morgan fingerprint density at radius 1 is 0.960 bits per heavy atom. The van der Waals surface area contributed by atoms with Gasteiger partial charge in [0.05, 0.1) is 6.61 Å². The molecule has 0 saturated heterocycles. The Morgan fingerprint density at radius 2 is 1.60 bits per heavy atom. The molecule has 0 saturated carbocycles. The largest absolute Gasteiger partial charge is 0.445 e. The number of benzene rings is 3. The van der Waals surface area contributed by atoms with Crippen molar-refractivity contribution in [2.75, 3.05) is 19.8 Å². The van der Waals surface area contributed by atoms with E-state index in [0.717, 1.165) is 33.5 Å². The normalized spacial score (nSPS) is 10.9. The lowest BCUT2D eigenvalue weighted by atomic mass is 9.97. The molecule has 1 amide bonds. The molecular formula is C21H23NO3. The monoisotopic (exact) mass is 337 g/mol. The van der Waals surface area contributed by atoms with Gasteiger partial charge in [0, 0.05) is 18.7 Å². The minimum Gasteiger partial charge on any atom is -0.445 e. The van der Waals surface area contributed by atoms with Gasteiger partial charge in [0.25, 0.3) is 0 Å². The maximum Gasteiger partial charge on any atom is 0.407 e. The highest BCUT2D eigenvalue weighted by Gasteiger charge is 2.10. The molecule has 0 fully saturated rings. The van der Waals surface area contributed by atoms with Crippen molar-refractivity contribution < 1.29 is 14.3 Å². The Labute approximate surface area is 147 Å². The van der Waals surface area contributed by atoms with Crippen LogP contribution in [0.15, 0.2) is 54.6 Å². The van der Waals surface area contributed by atoms with E-state index in [1.165, 1.54) is 0 Å². The van der Waals surface area contributed by atoms with Gasteiger partial charge in [-0.1, -0.05) is 55.5 Å². The van der Waals surface area contributed by atoms with Crippen molar-refractivity contribution in [3.8, 4) is 0 Å². The van der Waals surface area contributed by atoms with Crippen LogP contribution in [0.1, 0.15) is 18.9 Å². The summed E-state index contributed by atoms with van der Waals surface area (Å²) in [5.74, 6) is 0. The molecular weight excluding hydrogens is 314 g/mol. The van der Waals surface area contributed by atoms with Gasteiger partial charge in [0.2, 0.25) is 0 Å². The van der Waals surface area contributed by atoms with Crippen molar-refractivity contribution in [3.05, 3.63) is 60.2 Å². The molecule has 3 aromatic rings. The molecule has 0 aliphatic heterocycles. The fraction of sp³-hybridized carbons (Fsp3) is 0.286. The van der Waals surface area contributed by atoms with E-state index < -0.39 is 6.09 Å². The Bertz CT molecular complexity index is 806. The Balaban J connectivity index is 1.72. The van der Waals surface area contributed by atoms with Gasteiger partial charge in [-0.15, -0.1) is 0 Å². The number of alkyl carbamates (subject to hydrolysis) is 1. The quantitative estimate of drug-likeness (QED) is 0.504. The molecule has 0 aliphatic carbocycles. The zero-order chi connectivity index (χ0) is 17.5. The van der Waals surface area contributed by atoms with E-state index in [9.17, 15) is 4.79 Å². The van der Waals surface area contributed by atoms with Gasteiger partial charge in [-0.2, -0.15) is 0 Å². The molecule has 0 spiro atoms. The van der Waals surface area contributed by atoms with Gasteiger partial charge in [-0.3, -0.25) is 0 Å². The van der Waals surface area contributed by atoms with E-state index in [0.29, 0.717) is 19.8 Å². The molecule has 130 valence electrons. The molecule has 0 atom stereocenters. The Hall–Kier alpha value is -2.59. The third-order valence-corrected chi connectivity index (χ3v) is 4.09. The molecule has 0 heterocycles. The van der Waals surface area contributed by atoms with Crippen molar-refractivity contribution in [1.29, 1.82) is 0 Å². The standard InChI is InChI=1S/C21H23NO3/c1-2-12-24-13-11-22-21(23)25-15-20-18-9-5-3-7-16(18)14-17-8-4-6-10-19(17)20/h3-10,14H,2,11-13,15H2,1H3,(H,22,23). The summed E-state index contributed by atoms with van der Waals surface area (Å²) in [7, 11) is 0. The van der Waals surface area contributed by atoms with Crippen LogP contribution in [-0.2, 0) is 16.1 Å². The second kappa shape index (κ2) is 8.49. The van der Waals surface area contributed by atoms with Crippen molar-refractivity contribution in [1.82, 2.24) is 5.32 Å². The van der Waals surface area contributed by atoms with Crippen LogP contribution in [0.4, 0.5) is 4.79 Å². The number of nitrogens with one attached hydrogen (secondary N) is 1. The van der Waals surface area contributed by atoms with Crippen LogP contribution in [0, 0.1) is 0 Å². The van der Waals surface area contributed by atoms with E-state index in [1.54, 1.807) is 0 Å². The lowest BCUT2D eigenvalue weighted by Gasteiger charge is -2.12. The number of carbonyl (C=O) groups is 1. The number of rotatable bonds is 7. The van der Waals surface area contributed by atoms with Gasteiger partial charge in [0.15, 0.2) is 0 Å². The van der Waals surface area contributed by atoms with Crippen molar-refractivity contribution in [3.63, 3.8) is 0 Å². The first-order valence-corrected chi connectivity index (χ1v) is 8.67. The molecule has 4 nitrogen and oxygen atoms in total. The third-order valence-electron chi connectivity index (χ3n) is 4.09. The summed E-state index contributed by atoms with van der Waals surface area (Å²) in [5.41, 5.74) is 1.03. The van der Waals surface area contributed by atoms with Crippen molar-refractivity contribution in [2.24, 2.45) is 0 Å². The third kappa shape index (κ3) is 4.28. The minimum atomic E-state index is -0.419. The zero-order valence-corrected chi connectivity index (χ0v) is 14.5. The van der Waals surface area contributed by atoms with E-state index in [4.69, 9.17) is 9.47 Å². The van der Waals surface area contributed by atoms with Crippen LogP contribution in [-0.4, -0.2) is 25.9 Å². The lowest BCUT2D eigenvalue weighted by Crippen LogP contribution is -2.28. The number of amides is 1. The number of hydrogen-bond acceptors (Lipinski definition) is 3. The van der Waals surface area contributed by atoms with Crippen LogP contribution in [0.5, 0.6) is 0 Å². The van der Waals surface area contributed by atoms with Gasteiger partial charge >= 0.3 is 6.09 Å². The molecule has 0 aromatic heterocycles. The van der Waals surface area contributed by atoms with Gasteiger partial charge in [-0.05, 0) is 34.0 Å². The van der Waals surface area contributed by atoms with Gasteiger partial charge in [-0.25, -0.2) is 4.79 Å². The highest BCUT2D eigenvalue weighted by atomic mass is 16.5. The maximum absolute atomic E-state index is 11.9. The molecule has 3 aromatic carbocycles. The second-order valence-corrected chi connectivity index (χ2v) is 5.91. The summed E-state index contributed by atoms with van der Waals surface area (Å²) >= 11 is 0. The first kappa shape index (κ1) is 17.2. The number of fused-ring (bicyclic) bond motifs is 2. The summed E-state index contributed by atoms with van der Waals surface area (Å²) in [6, 6.07) is 18.5. The van der Waals surface area contributed by atoms with E-state index in [2.05, 4.69) is 42.6 Å². The predicted molar refractivity (Wildman–Crippen MR) is 101 cm³/mol. The minimum absolute atomic E-state index is 0.240. The SMILES string of the molecule is CCCOCCNC(=O)OCc1c2ccccc2cc2ccccc12. The Morgan fingerprint density at radius 3 is 2.24 bits per heavy atom. The van der Waals surface area contributed by atoms with Crippen LogP contribution < -0.4 is 5.32 Å². The fourth-order valence-electron chi connectivity index (χ4n) is 2.92. The first-order valence-electron chi connectivity index (χ1n) is 8.67. The smallest absolute Gasteiger partial charge is 0.407 e. The fourth-order valence-corrected chi connectivity index (χ4v) is 2.92. The van der Waals surface area contributed by atoms with E-state index in [1.807, 2.05) is 24.3 Å². The van der Waals surface area contributed by atoms with Crippen LogP contribution in [0.3, 0.4) is 0 Å². The average Bonchev–Trinajstić information content (AvgIpc) is 2.65. The predicted octanol–water partition coefficient (Wildman–Crippen LogP) is 4.65. The van der Waals surface area contributed by atoms with Crippen LogP contribution >= 0.6 is 0 Å². The van der Waals surface area contributed by atoms with Gasteiger partial charge in [0.1, 0.15) is 6.61 Å². The van der Waals surface area contributed by atoms with Crippen LogP contribution in [0.25, 0.3) is 21.5 Å². The topological polar surface area (TPSA) is 47.6 Å². The highest BCUT2D eigenvalue weighted by Crippen LogP contribution is 2.28. The summed E-state index contributed by atoms with van der Waals surface area (Å²) in [4.78, 5) is 11.9. The molecule has 0 aliphatic rings. The number of hydrogen-bond donors (Lipinski definition) is 1. The second-order valence-electron chi connectivity index (χ2n) is 5.91. The molecule has 3 rings (SSSR count). The summed E-state index contributed by atoms with van der Waals surface area (Å²) in [6.45, 7) is 3.95. The van der Waals surface area contributed by atoms with Crippen LogP contribution in [0.2, 0.25) is 0 Å². The lowest BCUT2D eigenvalue weighted by molar-refractivity contribution is 0.119. The number of carbonyl (C=O) groups excluding carboxylic acids is 1. The van der Waals surface area contributed by atoms with Crippen molar-refractivity contribution >= 4 is 27.6 Å². The Kier molecular flexibility index (Phi) is 5.86. The summed E-state index contributed by atoms with van der Waals surface area (Å²) < 4.78 is 10.8. The summed E-state index contributed by atoms with van der Waals surface area (Å²) in [6.07, 6.45) is 0.551. The molecule has 0 bridgehead atoms. The molecule has 0 unspecified atom stereocenters. The molecule has 0 radical (unpaired) electrons. The maximum atomic E-state index is 11.9. The van der Waals surface area contributed by atoms with Gasteiger partial charge < -0.3 is 14.8 Å². The first-order chi connectivity index (χ1) is 12.3. The molecule has 4 heteroatoms. The average molecular weight is 337 g/mol. The molecule has 1 N–H and O–H groups in total. The van der Waals surface area contributed by atoms with E-state index >= 15 is 0 Å². The van der Waals surface area contributed by atoms with E-state index in [-0.39, 0.29) is 6.61 Å². The number of ether oxygens (including phenoxy) is 2. The highest BCUT2D eigenvalue weighted by molar-refractivity contribution is 6.02. The molecule has 25 heavy (non-hydrogen) atoms. The summed E-state index contributed by atoms with van der Waals surface area (Å²) in [5, 5.41) is 7.24. The zero-order valence-electron chi connectivity index (χ0n) is 14.5. The van der Waals surface area contributed by atoms with Crippen molar-refractivity contribution in [2.45, 2.75) is 20.0 Å².